The standard InChI is InChI=1S/C17H29NO2/c1-3-5-6-9-12-18-15-16-10-7-8-11-17(16)20-14-13-19-4-2/h7-8,10-11,18H,3-6,9,12-15H2,1-2H3. The first kappa shape index (κ1) is 17.0. The zero-order chi connectivity index (χ0) is 14.5. The van der Waals surface area contributed by atoms with Crippen LogP contribution in [0.1, 0.15) is 45.1 Å². The van der Waals surface area contributed by atoms with Gasteiger partial charge in [0, 0.05) is 18.7 Å². The van der Waals surface area contributed by atoms with Crippen LogP contribution in [0.5, 0.6) is 5.75 Å². The number of unbranched alkanes of at least 4 members (excludes halogenated alkanes) is 3. The molecule has 20 heavy (non-hydrogen) atoms. The molecule has 1 rings (SSSR count). The molecule has 1 aromatic rings. The Hall–Kier alpha value is -1.06. The second kappa shape index (κ2) is 11.7. The second-order valence-electron chi connectivity index (χ2n) is 4.89. The smallest absolute Gasteiger partial charge is 0.123 e. The Bertz CT molecular complexity index is 342. The van der Waals surface area contributed by atoms with Crippen LogP contribution < -0.4 is 10.1 Å². The van der Waals surface area contributed by atoms with Gasteiger partial charge >= 0.3 is 0 Å². The summed E-state index contributed by atoms with van der Waals surface area (Å²) in [6.45, 7) is 8.19. The summed E-state index contributed by atoms with van der Waals surface area (Å²) >= 11 is 0. The van der Waals surface area contributed by atoms with Crippen LogP contribution in [0, 0.1) is 0 Å². The highest BCUT2D eigenvalue weighted by Gasteiger charge is 2.02. The van der Waals surface area contributed by atoms with Crippen LogP contribution in [-0.2, 0) is 11.3 Å². The fourth-order valence-corrected chi connectivity index (χ4v) is 2.05. The quantitative estimate of drug-likeness (QED) is 0.591. The summed E-state index contributed by atoms with van der Waals surface area (Å²) in [5.74, 6) is 0.966. The van der Waals surface area contributed by atoms with Crippen LogP contribution in [0.3, 0.4) is 0 Å². The highest BCUT2D eigenvalue weighted by Crippen LogP contribution is 2.17. The van der Waals surface area contributed by atoms with Crippen molar-refractivity contribution in [1.82, 2.24) is 5.32 Å². The molecule has 0 fully saturated rings. The van der Waals surface area contributed by atoms with Gasteiger partial charge in [0.05, 0.1) is 6.61 Å². The van der Waals surface area contributed by atoms with E-state index < -0.39 is 0 Å². The molecule has 0 saturated heterocycles. The van der Waals surface area contributed by atoms with Gasteiger partial charge in [-0.1, -0.05) is 44.4 Å². The molecule has 0 aromatic heterocycles. The van der Waals surface area contributed by atoms with Gasteiger partial charge in [-0.25, -0.2) is 0 Å². The van der Waals surface area contributed by atoms with E-state index in [0.717, 1.165) is 25.4 Å². The van der Waals surface area contributed by atoms with E-state index in [1.807, 2.05) is 19.1 Å². The van der Waals surface area contributed by atoms with E-state index in [1.54, 1.807) is 0 Å². The molecule has 0 aliphatic rings. The van der Waals surface area contributed by atoms with Crippen molar-refractivity contribution in [3.63, 3.8) is 0 Å². The van der Waals surface area contributed by atoms with E-state index in [9.17, 15) is 0 Å². The lowest BCUT2D eigenvalue weighted by Gasteiger charge is -2.12. The van der Waals surface area contributed by atoms with Crippen molar-refractivity contribution in [2.24, 2.45) is 0 Å². The number of nitrogens with one attached hydrogen (secondary N) is 1. The van der Waals surface area contributed by atoms with E-state index in [2.05, 4.69) is 24.4 Å². The lowest BCUT2D eigenvalue weighted by molar-refractivity contribution is 0.110. The van der Waals surface area contributed by atoms with Gasteiger partial charge in [-0.15, -0.1) is 0 Å². The minimum atomic E-state index is 0.612. The molecular formula is C17H29NO2. The average molecular weight is 279 g/mol. The van der Waals surface area contributed by atoms with Crippen molar-refractivity contribution >= 4 is 0 Å². The molecule has 114 valence electrons. The molecular weight excluding hydrogens is 250 g/mol. The third-order valence-corrected chi connectivity index (χ3v) is 3.18. The van der Waals surface area contributed by atoms with E-state index in [-0.39, 0.29) is 0 Å². The average Bonchev–Trinajstić information content (AvgIpc) is 2.48. The van der Waals surface area contributed by atoms with Crippen molar-refractivity contribution < 1.29 is 9.47 Å². The SMILES string of the molecule is CCCCCCNCc1ccccc1OCCOCC. The predicted molar refractivity (Wildman–Crippen MR) is 84.3 cm³/mol. The Kier molecular flexibility index (Phi) is 9.98. The van der Waals surface area contributed by atoms with Crippen LogP contribution in [0.15, 0.2) is 24.3 Å². The second-order valence-corrected chi connectivity index (χ2v) is 4.89. The third kappa shape index (κ3) is 7.51. The summed E-state index contributed by atoms with van der Waals surface area (Å²) in [5, 5.41) is 3.49. The number of hydrogen-bond donors (Lipinski definition) is 1. The summed E-state index contributed by atoms with van der Waals surface area (Å²) in [4.78, 5) is 0. The summed E-state index contributed by atoms with van der Waals surface area (Å²) in [6, 6.07) is 8.22. The summed E-state index contributed by atoms with van der Waals surface area (Å²) in [5.41, 5.74) is 1.22. The fraction of sp³-hybridized carbons (Fsp3) is 0.647. The van der Waals surface area contributed by atoms with Crippen LogP contribution >= 0.6 is 0 Å². The third-order valence-electron chi connectivity index (χ3n) is 3.18. The lowest BCUT2D eigenvalue weighted by atomic mass is 10.2. The Balaban J connectivity index is 2.26. The van der Waals surface area contributed by atoms with Crippen molar-refractivity contribution in [2.45, 2.75) is 46.1 Å². The number of para-hydroxylation sites is 1. The number of hydrogen-bond acceptors (Lipinski definition) is 3. The summed E-state index contributed by atoms with van der Waals surface area (Å²) < 4.78 is 11.1. The monoisotopic (exact) mass is 279 g/mol. The minimum absolute atomic E-state index is 0.612. The molecule has 0 atom stereocenters. The topological polar surface area (TPSA) is 30.5 Å². The van der Waals surface area contributed by atoms with Crippen molar-refractivity contribution in [3.8, 4) is 5.75 Å². The molecule has 0 bridgehead atoms. The van der Waals surface area contributed by atoms with Gasteiger partial charge in [0.1, 0.15) is 12.4 Å². The van der Waals surface area contributed by atoms with Crippen LogP contribution in [0.2, 0.25) is 0 Å². The van der Waals surface area contributed by atoms with E-state index in [0.29, 0.717) is 13.2 Å². The molecule has 1 N–H and O–H groups in total. The molecule has 0 amide bonds. The predicted octanol–water partition coefficient (Wildman–Crippen LogP) is 3.77. The van der Waals surface area contributed by atoms with E-state index >= 15 is 0 Å². The number of rotatable bonds is 12. The van der Waals surface area contributed by atoms with Gasteiger partial charge in [0.25, 0.3) is 0 Å². The van der Waals surface area contributed by atoms with E-state index in [4.69, 9.17) is 9.47 Å². The molecule has 1 aromatic carbocycles. The zero-order valence-electron chi connectivity index (χ0n) is 13.0. The maximum Gasteiger partial charge on any atom is 0.123 e. The Morgan fingerprint density at radius 3 is 2.65 bits per heavy atom. The first-order chi connectivity index (χ1) is 9.88. The maximum atomic E-state index is 5.77. The van der Waals surface area contributed by atoms with Gasteiger partial charge in [-0.2, -0.15) is 0 Å². The molecule has 0 radical (unpaired) electrons. The largest absolute Gasteiger partial charge is 0.491 e. The molecule has 0 unspecified atom stereocenters. The van der Waals surface area contributed by atoms with Gasteiger partial charge in [0.2, 0.25) is 0 Å². The maximum absolute atomic E-state index is 5.77. The first-order valence-corrected chi connectivity index (χ1v) is 7.87. The summed E-state index contributed by atoms with van der Waals surface area (Å²) in [7, 11) is 0. The Labute approximate surface area is 123 Å². The van der Waals surface area contributed by atoms with E-state index in [1.165, 1.54) is 31.2 Å². The van der Waals surface area contributed by atoms with Crippen molar-refractivity contribution in [1.29, 1.82) is 0 Å². The molecule has 0 aliphatic heterocycles. The first-order valence-electron chi connectivity index (χ1n) is 7.87. The Morgan fingerprint density at radius 2 is 1.85 bits per heavy atom. The fourth-order valence-electron chi connectivity index (χ4n) is 2.05. The van der Waals surface area contributed by atoms with Crippen molar-refractivity contribution in [2.75, 3.05) is 26.4 Å². The van der Waals surface area contributed by atoms with Gasteiger partial charge in [-0.05, 0) is 26.0 Å². The number of benzene rings is 1. The molecule has 3 nitrogen and oxygen atoms in total. The highest BCUT2D eigenvalue weighted by atomic mass is 16.5. The highest BCUT2D eigenvalue weighted by molar-refractivity contribution is 5.33. The normalized spacial score (nSPS) is 10.7. The van der Waals surface area contributed by atoms with Gasteiger partial charge in [-0.3, -0.25) is 0 Å². The molecule has 0 heterocycles. The molecule has 0 aliphatic carbocycles. The Morgan fingerprint density at radius 1 is 1.00 bits per heavy atom. The van der Waals surface area contributed by atoms with Crippen molar-refractivity contribution in [3.05, 3.63) is 29.8 Å². The lowest BCUT2D eigenvalue weighted by Crippen LogP contribution is -2.16. The summed E-state index contributed by atoms with van der Waals surface area (Å²) in [6.07, 6.45) is 5.19. The number of ether oxygens (including phenoxy) is 2. The minimum Gasteiger partial charge on any atom is -0.491 e. The molecule has 0 spiro atoms. The van der Waals surface area contributed by atoms with Gasteiger partial charge < -0.3 is 14.8 Å². The van der Waals surface area contributed by atoms with Crippen LogP contribution in [0.25, 0.3) is 0 Å². The van der Waals surface area contributed by atoms with Crippen LogP contribution in [0.4, 0.5) is 0 Å². The molecule has 0 saturated carbocycles. The van der Waals surface area contributed by atoms with Crippen LogP contribution in [-0.4, -0.2) is 26.4 Å². The van der Waals surface area contributed by atoms with Gasteiger partial charge in [0.15, 0.2) is 0 Å². The zero-order valence-corrected chi connectivity index (χ0v) is 13.0. The molecule has 3 heteroatoms.